The lowest BCUT2D eigenvalue weighted by Crippen LogP contribution is -2.42. The number of benzene rings is 3. The smallest absolute Gasteiger partial charge is 0.269 e. The lowest BCUT2D eigenvalue weighted by molar-refractivity contribution is -0.121. The van der Waals surface area contributed by atoms with E-state index in [4.69, 9.17) is 23.2 Å². The Morgan fingerprint density at radius 3 is 2.24 bits per heavy atom. The first kappa shape index (κ1) is 22.4. The molecule has 1 heterocycles. The summed E-state index contributed by atoms with van der Waals surface area (Å²) in [5.74, 6) is -0.354. The van der Waals surface area contributed by atoms with Gasteiger partial charge in [0.25, 0.3) is 5.91 Å². The van der Waals surface area contributed by atoms with Gasteiger partial charge in [0.15, 0.2) is 0 Å². The Kier molecular flexibility index (Phi) is 6.97. The fraction of sp³-hybridized carbons (Fsp3) is 0.0870. The largest absolute Gasteiger partial charge is 0.273 e. The molecule has 2 amide bonds. The number of tetrazole rings is 1. The number of hydrazine groups is 1. The molecule has 0 aliphatic rings. The predicted molar refractivity (Wildman–Crippen MR) is 125 cm³/mol. The maximum atomic E-state index is 12.3. The van der Waals surface area contributed by atoms with Crippen molar-refractivity contribution in [2.45, 2.75) is 13.0 Å². The number of halogens is 2. The van der Waals surface area contributed by atoms with E-state index >= 15 is 0 Å². The first-order chi connectivity index (χ1) is 16.0. The molecule has 0 spiro atoms. The molecule has 4 rings (SSSR count). The number of rotatable bonds is 6. The summed E-state index contributed by atoms with van der Waals surface area (Å²) in [6, 6.07) is 21.4. The summed E-state index contributed by atoms with van der Waals surface area (Å²) in [7, 11) is 0. The standard InChI is InChI=1S/C23H18Cl2N6O2/c24-19-7-4-8-20(25)18(19)13-21(32)26-28-23(33)17-11-9-15(10-12-17)14-31-29-22(27-30-31)16-5-2-1-3-6-16/h1-12H,13-14H2,(H,26,32)(H,28,33). The molecule has 4 aromatic rings. The van der Waals surface area contributed by atoms with E-state index in [0.29, 0.717) is 33.5 Å². The molecule has 0 radical (unpaired) electrons. The van der Waals surface area contributed by atoms with Gasteiger partial charge in [0.2, 0.25) is 11.7 Å². The number of nitrogens with zero attached hydrogens (tertiary/aromatic N) is 4. The second-order valence-electron chi connectivity index (χ2n) is 7.09. The molecule has 0 unspecified atom stereocenters. The van der Waals surface area contributed by atoms with Crippen LogP contribution < -0.4 is 10.9 Å². The summed E-state index contributed by atoms with van der Waals surface area (Å²) < 4.78 is 0. The Labute approximate surface area is 199 Å². The Hall–Kier alpha value is -3.75. The third-order valence-electron chi connectivity index (χ3n) is 4.74. The monoisotopic (exact) mass is 480 g/mol. The average molecular weight is 481 g/mol. The maximum Gasteiger partial charge on any atom is 0.269 e. The van der Waals surface area contributed by atoms with Crippen LogP contribution >= 0.6 is 23.2 Å². The number of aromatic nitrogens is 4. The summed E-state index contributed by atoms with van der Waals surface area (Å²) in [6.45, 7) is 0.400. The van der Waals surface area contributed by atoms with Gasteiger partial charge in [-0.15, -0.1) is 10.2 Å². The van der Waals surface area contributed by atoms with Crippen molar-refractivity contribution in [3.05, 3.63) is 99.5 Å². The van der Waals surface area contributed by atoms with E-state index in [2.05, 4.69) is 26.3 Å². The van der Waals surface area contributed by atoms with Gasteiger partial charge in [-0.25, -0.2) is 0 Å². The zero-order chi connectivity index (χ0) is 23.2. The number of hydrogen-bond acceptors (Lipinski definition) is 5. The Balaban J connectivity index is 1.31. The van der Waals surface area contributed by atoms with Gasteiger partial charge in [-0.3, -0.25) is 20.4 Å². The van der Waals surface area contributed by atoms with Crippen LogP contribution in [-0.2, 0) is 17.8 Å². The van der Waals surface area contributed by atoms with E-state index in [0.717, 1.165) is 11.1 Å². The van der Waals surface area contributed by atoms with Gasteiger partial charge in [0.05, 0.1) is 13.0 Å². The summed E-state index contributed by atoms with van der Waals surface area (Å²) in [6.07, 6.45) is -0.0619. The number of carbonyl (C=O) groups is 2. The van der Waals surface area contributed by atoms with Gasteiger partial charge in [-0.1, -0.05) is 71.7 Å². The average Bonchev–Trinajstić information content (AvgIpc) is 3.29. The van der Waals surface area contributed by atoms with Crippen LogP contribution in [0.4, 0.5) is 0 Å². The summed E-state index contributed by atoms with van der Waals surface area (Å²) >= 11 is 12.1. The van der Waals surface area contributed by atoms with Crippen LogP contribution in [0, 0.1) is 0 Å². The Bertz CT molecular complexity index is 1260. The number of hydrogen-bond donors (Lipinski definition) is 2. The highest BCUT2D eigenvalue weighted by molar-refractivity contribution is 6.36. The highest BCUT2D eigenvalue weighted by atomic mass is 35.5. The third-order valence-corrected chi connectivity index (χ3v) is 5.45. The van der Waals surface area contributed by atoms with Gasteiger partial charge in [-0.2, -0.15) is 4.80 Å². The quantitative estimate of drug-likeness (QED) is 0.409. The fourth-order valence-corrected chi connectivity index (χ4v) is 3.57. The van der Waals surface area contributed by atoms with Crippen LogP contribution in [0.2, 0.25) is 10.0 Å². The zero-order valence-electron chi connectivity index (χ0n) is 17.2. The topological polar surface area (TPSA) is 102 Å². The first-order valence-electron chi connectivity index (χ1n) is 9.94. The van der Waals surface area contributed by atoms with E-state index < -0.39 is 11.8 Å². The van der Waals surface area contributed by atoms with Crippen molar-refractivity contribution >= 4 is 35.0 Å². The second-order valence-corrected chi connectivity index (χ2v) is 7.90. The van der Waals surface area contributed by atoms with E-state index in [-0.39, 0.29) is 6.42 Å². The van der Waals surface area contributed by atoms with E-state index in [1.54, 1.807) is 42.5 Å². The van der Waals surface area contributed by atoms with Crippen molar-refractivity contribution in [2.75, 3.05) is 0 Å². The van der Waals surface area contributed by atoms with Crippen molar-refractivity contribution in [1.29, 1.82) is 0 Å². The molecule has 3 aromatic carbocycles. The molecule has 1 aromatic heterocycles. The van der Waals surface area contributed by atoms with Crippen molar-refractivity contribution in [1.82, 2.24) is 31.1 Å². The van der Waals surface area contributed by atoms with Crippen LogP contribution in [0.3, 0.4) is 0 Å². The molecule has 0 atom stereocenters. The van der Waals surface area contributed by atoms with Crippen LogP contribution in [0.1, 0.15) is 21.5 Å². The zero-order valence-corrected chi connectivity index (χ0v) is 18.7. The molecule has 166 valence electrons. The van der Waals surface area contributed by atoms with Crippen LogP contribution in [0.25, 0.3) is 11.4 Å². The van der Waals surface area contributed by atoms with Crippen LogP contribution in [0.15, 0.2) is 72.8 Å². The molecule has 0 saturated carbocycles. The molecule has 0 aliphatic heterocycles. The third kappa shape index (κ3) is 5.74. The van der Waals surface area contributed by atoms with Gasteiger partial charge >= 0.3 is 0 Å². The second kappa shape index (κ2) is 10.2. The highest BCUT2D eigenvalue weighted by Gasteiger charge is 2.13. The molecule has 0 fully saturated rings. The van der Waals surface area contributed by atoms with Gasteiger partial charge < -0.3 is 0 Å². The predicted octanol–water partition coefficient (Wildman–Crippen LogP) is 3.70. The van der Waals surface area contributed by atoms with E-state index in [1.807, 2.05) is 30.3 Å². The van der Waals surface area contributed by atoms with E-state index in [9.17, 15) is 9.59 Å². The Morgan fingerprint density at radius 1 is 0.848 bits per heavy atom. The van der Waals surface area contributed by atoms with Gasteiger partial charge in [0.1, 0.15) is 0 Å². The first-order valence-corrected chi connectivity index (χ1v) is 10.7. The lowest BCUT2D eigenvalue weighted by Gasteiger charge is -2.10. The van der Waals surface area contributed by atoms with Crippen molar-refractivity contribution in [2.24, 2.45) is 0 Å². The molecule has 2 N–H and O–H groups in total. The number of carbonyl (C=O) groups excluding carboxylic acids is 2. The number of nitrogens with one attached hydrogen (secondary N) is 2. The molecule has 0 aliphatic carbocycles. The number of amides is 2. The minimum Gasteiger partial charge on any atom is -0.273 e. The SMILES string of the molecule is O=C(Cc1c(Cl)cccc1Cl)NNC(=O)c1ccc(Cn2nnc(-c3ccccc3)n2)cc1. The molecule has 0 saturated heterocycles. The minimum atomic E-state index is -0.453. The van der Waals surface area contributed by atoms with Gasteiger partial charge in [-0.05, 0) is 40.6 Å². The van der Waals surface area contributed by atoms with Crippen molar-refractivity contribution < 1.29 is 9.59 Å². The Morgan fingerprint density at radius 2 is 1.55 bits per heavy atom. The van der Waals surface area contributed by atoms with Crippen LogP contribution in [0.5, 0.6) is 0 Å². The highest BCUT2D eigenvalue weighted by Crippen LogP contribution is 2.24. The molecule has 0 bridgehead atoms. The summed E-state index contributed by atoms with van der Waals surface area (Å²) in [5, 5.41) is 13.3. The summed E-state index contributed by atoms with van der Waals surface area (Å²) in [5.41, 5.74) is 7.40. The molecular weight excluding hydrogens is 463 g/mol. The van der Waals surface area contributed by atoms with Crippen LogP contribution in [-0.4, -0.2) is 32.0 Å². The maximum absolute atomic E-state index is 12.3. The van der Waals surface area contributed by atoms with Gasteiger partial charge in [0, 0.05) is 21.2 Å². The molecule has 8 nitrogen and oxygen atoms in total. The normalized spacial score (nSPS) is 10.6. The fourth-order valence-electron chi connectivity index (χ4n) is 3.04. The molecule has 33 heavy (non-hydrogen) atoms. The molecular formula is C23H18Cl2N6O2. The minimum absolute atomic E-state index is 0.0619. The van der Waals surface area contributed by atoms with Crippen molar-refractivity contribution in [3.8, 4) is 11.4 Å². The summed E-state index contributed by atoms with van der Waals surface area (Å²) in [4.78, 5) is 26.0. The van der Waals surface area contributed by atoms with E-state index in [1.165, 1.54) is 4.80 Å². The lowest BCUT2D eigenvalue weighted by atomic mass is 10.1. The van der Waals surface area contributed by atoms with Crippen molar-refractivity contribution in [3.63, 3.8) is 0 Å². The molecule has 10 heteroatoms.